The predicted octanol–water partition coefficient (Wildman–Crippen LogP) is 3.63. The van der Waals surface area contributed by atoms with Crippen molar-refractivity contribution in [2.45, 2.75) is 33.8 Å². The molecule has 6 nitrogen and oxygen atoms in total. The van der Waals surface area contributed by atoms with Gasteiger partial charge in [-0.05, 0) is 74.7 Å². The van der Waals surface area contributed by atoms with Crippen LogP contribution in [0.25, 0.3) is 0 Å². The van der Waals surface area contributed by atoms with E-state index in [9.17, 15) is 4.79 Å². The highest BCUT2D eigenvalue weighted by atomic mass is 16.5. The van der Waals surface area contributed by atoms with E-state index in [0.717, 1.165) is 11.1 Å². The second-order valence-corrected chi connectivity index (χ2v) is 6.40. The Balaban J connectivity index is 1.88. The van der Waals surface area contributed by atoms with E-state index in [1.165, 1.54) is 11.8 Å². The summed E-state index contributed by atoms with van der Waals surface area (Å²) in [7, 11) is 1.58. The van der Waals surface area contributed by atoms with Crippen LogP contribution in [0.3, 0.4) is 0 Å². The summed E-state index contributed by atoms with van der Waals surface area (Å²) in [5, 5.41) is 3.95. The van der Waals surface area contributed by atoms with Crippen LogP contribution in [0.4, 0.5) is 0 Å². The lowest BCUT2D eigenvalue weighted by Crippen LogP contribution is -2.24. The number of rotatable bonds is 8. The van der Waals surface area contributed by atoms with Crippen LogP contribution in [-0.4, -0.2) is 31.9 Å². The average molecular weight is 370 g/mol. The Morgan fingerprint density at radius 1 is 1.11 bits per heavy atom. The third-order valence-corrected chi connectivity index (χ3v) is 3.80. The number of benzene rings is 2. The molecule has 0 aliphatic carbocycles. The fraction of sp³-hybridized carbons (Fsp3) is 0.333. The van der Waals surface area contributed by atoms with Crippen molar-refractivity contribution in [1.82, 2.24) is 5.43 Å². The number of methoxy groups -OCH3 is 1. The molecule has 0 spiro atoms. The highest BCUT2D eigenvalue weighted by Crippen LogP contribution is 2.28. The third-order valence-electron chi connectivity index (χ3n) is 3.80. The Hall–Kier alpha value is -3.02. The van der Waals surface area contributed by atoms with Crippen LogP contribution >= 0.6 is 0 Å². The highest BCUT2D eigenvalue weighted by Gasteiger charge is 2.07. The van der Waals surface area contributed by atoms with Gasteiger partial charge in [-0.2, -0.15) is 5.10 Å². The van der Waals surface area contributed by atoms with Crippen LogP contribution in [0.15, 0.2) is 41.5 Å². The van der Waals surface area contributed by atoms with Crippen molar-refractivity contribution >= 4 is 12.1 Å². The van der Waals surface area contributed by atoms with Gasteiger partial charge in [-0.1, -0.05) is 6.07 Å². The molecule has 0 aromatic heterocycles. The van der Waals surface area contributed by atoms with Crippen molar-refractivity contribution in [2.24, 2.45) is 5.10 Å². The number of carbonyl (C=O) groups is 1. The lowest BCUT2D eigenvalue weighted by molar-refractivity contribution is -0.123. The van der Waals surface area contributed by atoms with Crippen LogP contribution in [0.1, 0.15) is 30.5 Å². The van der Waals surface area contributed by atoms with Crippen molar-refractivity contribution in [2.75, 3.05) is 13.7 Å². The second-order valence-electron chi connectivity index (χ2n) is 6.40. The monoisotopic (exact) mass is 370 g/mol. The first-order valence-corrected chi connectivity index (χ1v) is 8.75. The summed E-state index contributed by atoms with van der Waals surface area (Å²) in [5.41, 5.74) is 5.51. The van der Waals surface area contributed by atoms with Crippen LogP contribution < -0.4 is 19.6 Å². The van der Waals surface area contributed by atoms with Crippen molar-refractivity contribution in [3.8, 4) is 17.2 Å². The van der Waals surface area contributed by atoms with Gasteiger partial charge < -0.3 is 14.2 Å². The zero-order chi connectivity index (χ0) is 19.8. The van der Waals surface area contributed by atoms with E-state index in [-0.39, 0.29) is 18.6 Å². The molecule has 1 amide bonds. The largest absolute Gasteiger partial charge is 0.493 e. The van der Waals surface area contributed by atoms with E-state index in [4.69, 9.17) is 14.2 Å². The molecule has 1 N–H and O–H groups in total. The first-order chi connectivity index (χ1) is 12.9. The Bertz CT molecular complexity index is 816. The molecule has 0 saturated heterocycles. The number of aryl methyl sites for hydroxylation is 2. The van der Waals surface area contributed by atoms with Crippen LogP contribution in [0, 0.1) is 13.8 Å². The van der Waals surface area contributed by atoms with Gasteiger partial charge in [-0.15, -0.1) is 0 Å². The number of carbonyl (C=O) groups excluding carboxylic acids is 1. The molecule has 0 bridgehead atoms. The summed E-state index contributed by atoms with van der Waals surface area (Å²) in [6.45, 7) is 7.81. The molecule has 2 aromatic carbocycles. The van der Waals surface area contributed by atoms with Gasteiger partial charge >= 0.3 is 0 Å². The van der Waals surface area contributed by atoms with Gasteiger partial charge in [0.1, 0.15) is 5.75 Å². The molecule has 0 fully saturated rings. The van der Waals surface area contributed by atoms with Crippen molar-refractivity contribution in [3.63, 3.8) is 0 Å². The van der Waals surface area contributed by atoms with Gasteiger partial charge in [0.25, 0.3) is 5.91 Å². The van der Waals surface area contributed by atoms with Gasteiger partial charge in [0, 0.05) is 0 Å². The molecule has 0 radical (unpaired) electrons. The molecule has 0 aliphatic rings. The Morgan fingerprint density at radius 3 is 2.56 bits per heavy atom. The lowest BCUT2D eigenvalue weighted by atomic mass is 10.1. The third kappa shape index (κ3) is 6.33. The molecule has 2 aromatic rings. The number of nitrogens with one attached hydrogen (secondary N) is 1. The van der Waals surface area contributed by atoms with Crippen molar-refractivity contribution in [1.29, 1.82) is 0 Å². The van der Waals surface area contributed by atoms with Crippen molar-refractivity contribution in [3.05, 3.63) is 53.1 Å². The predicted molar refractivity (Wildman–Crippen MR) is 106 cm³/mol. The SMILES string of the molecule is COc1cc(/C=N/NC(=O)COc2ccc(C)c(C)c2)ccc1OC(C)C. The minimum absolute atomic E-state index is 0.0509. The first kappa shape index (κ1) is 20.3. The molecule has 27 heavy (non-hydrogen) atoms. The molecule has 0 heterocycles. The molecule has 2 rings (SSSR count). The van der Waals surface area contributed by atoms with E-state index < -0.39 is 0 Å². The van der Waals surface area contributed by atoms with Crippen molar-refractivity contribution < 1.29 is 19.0 Å². The van der Waals surface area contributed by atoms with E-state index >= 15 is 0 Å². The molecule has 0 atom stereocenters. The second kappa shape index (κ2) is 9.62. The Morgan fingerprint density at radius 2 is 1.89 bits per heavy atom. The fourth-order valence-electron chi connectivity index (χ4n) is 2.28. The molecular weight excluding hydrogens is 344 g/mol. The Kier molecular flexibility index (Phi) is 7.23. The molecule has 0 unspecified atom stereocenters. The maximum Gasteiger partial charge on any atom is 0.277 e. The summed E-state index contributed by atoms with van der Waals surface area (Å²) in [6, 6.07) is 11.1. The summed E-state index contributed by atoms with van der Waals surface area (Å²) >= 11 is 0. The molecular formula is C21H26N2O4. The maximum absolute atomic E-state index is 11.9. The van der Waals surface area contributed by atoms with Crippen LogP contribution in [0.5, 0.6) is 17.2 Å². The van der Waals surface area contributed by atoms with Gasteiger partial charge in [0.2, 0.25) is 0 Å². The van der Waals surface area contributed by atoms with E-state index in [0.29, 0.717) is 17.2 Å². The summed E-state index contributed by atoms with van der Waals surface area (Å²) in [6.07, 6.45) is 1.59. The van der Waals surface area contributed by atoms with Gasteiger partial charge in [-0.3, -0.25) is 4.79 Å². The molecule has 6 heteroatoms. The van der Waals surface area contributed by atoms with Gasteiger partial charge in [0.05, 0.1) is 19.4 Å². The number of hydrogen-bond acceptors (Lipinski definition) is 5. The summed E-state index contributed by atoms with van der Waals surface area (Å²) < 4.78 is 16.5. The summed E-state index contributed by atoms with van der Waals surface area (Å²) in [5.74, 6) is 1.59. The quantitative estimate of drug-likeness (QED) is 0.569. The smallest absolute Gasteiger partial charge is 0.277 e. The van der Waals surface area contributed by atoms with Crippen LogP contribution in [-0.2, 0) is 4.79 Å². The number of nitrogens with zero attached hydrogens (tertiary/aromatic N) is 1. The number of hydrogen-bond donors (Lipinski definition) is 1. The zero-order valence-electron chi connectivity index (χ0n) is 16.4. The van der Waals surface area contributed by atoms with Gasteiger partial charge in [0.15, 0.2) is 18.1 Å². The molecule has 0 aliphatic heterocycles. The van der Waals surface area contributed by atoms with Crippen LogP contribution in [0.2, 0.25) is 0 Å². The Labute approximate surface area is 160 Å². The minimum atomic E-state index is -0.337. The first-order valence-electron chi connectivity index (χ1n) is 8.75. The standard InChI is InChI=1S/C21H26N2O4/c1-14(2)27-19-9-7-17(11-20(19)25-5)12-22-23-21(24)13-26-18-8-6-15(3)16(4)10-18/h6-12,14H,13H2,1-5H3,(H,23,24)/b22-12+. The lowest BCUT2D eigenvalue weighted by Gasteiger charge is -2.13. The average Bonchev–Trinajstić information content (AvgIpc) is 2.63. The number of amides is 1. The molecule has 0 saturated carbocycles. The van der Waals surface area contributed by atoms with E-state index in [1.54, 1.807) is 13.2 Å². The van der Waals surface area contributed by atoms with Gasteiger partial charge in [-0.25, -0.2) is 5.43 Å². The fourth-order valence-corrected chi connectivity index (χ4v) is 2.28. The topological polar surface area (TPSA) is 69.2 Å². The summed E-state index contributed by atoms with van der Waals surface area (Å²) in [4.78, 5) is 11.9. The maximum atomic E-state index is 11.9. The van der Waals surface area contributed by atoms with E-state index in [1.807, 2.05) is 58.0 Å². The normalized spacial score (nSPS) is 10.9. The minimum Gasteiger partial charge on any atom is -0.493 e. The molecule has 144 valence electrons. The number of hydrazone groups is 1. The number of ether oxygens (including phenoxy) is 3. The zero-order valence-corrected chi connectivity index (χ0v) is 16.4. The van der Waals surface area contributed by atoms with E-state index in [2.05, 4.69) is 10.5 Å². The highest BCUT2D eigenvalue weighted by molar-refractivity contribution is 5.83.